The van der Waals surface area contributed by atoms with Gasteiger partial charge in [-0.15, -0.1) is 0 Å². The smallest absolute Gasteiger partial charge is 0.416 e. The van der Waals surface area contributed by atoms with Crippen molar-refractivity contribution in [1.29, 1.82) is 0 Å². The Morgan fingerprint density at radius 3 is 2.55 bits per heavy atom. The number of nitrogens with zero attached hydrogens (tertiary/aromatic N) is 3. The second-order valence-electron chi connectivity index (χ2n) is 12.5. The molecule has 1 aromatic rings. The Morgan fingerprint density at radius 2 is 1.84 bits per heavy atom. The van der Waals surface area contributed by atoms with Crippen molar-refractivity contribution in [3.05, 3.63) is 65.3 Å². The Balaban J connectivity index is 1.34. The fourth-order valence-corrected chi connectivity index (χ4v) is 5.08. The van der Waals surface area contributed by atoms with E-state index < -0.39 is 17.3 Å². The van der Waals surface area contributed by atoms with Crippen molar-refractivity contribution < 1.29 is 27.5 Å². The molecule has 11 heteroatoms. The van der Waals surface area contributed by atoms with Gasteiger partial charge < -0.3 is 20.7 Å². The summed E-state index contributed by atoms with van der Waals surface area (Å²) in [5.41, 5.74) is 6.32. The largest absolute Gasteiger partial charge is 0.444 e. The standard InChI is InChI=1S/C33H42F3N5O3/c1-32(2,3)44-31(43)41-18-7-10-23(17-19-41)22-8-4-5-9-24(14-13-22)27(42)11-6-12-28(37)39-30-21-25(33(34,35)36)20-29(40-30)38-26-15-16-26/h6,8-9,12-14,20-21,23,26H,4-5,7,10-11,15-19H2,1-3H3,(H3,37,38,39,40)/b12-6+,14-13?,22-8?,24-9?. The van der Waals surface area contributed by atoms with E-state index in [0.29, 0.717) is 18.7 Å². The van der Waals surface area contributed by atoms with Crippen LogP contribution >= 0.6 is 0 Å². The van der Waals surface area contributed by atoms with Crippen molar-refractivity contribution in [3.63, 3.8) is 0 Å². The molecule has 2 fully saturated rings. The topological polar surface area (TPSA) is 110 Å². The molecule has 0 aromatic carbocycles. The zero-order valence-corrected chi connectivity index (χ0v) is 25.6. The average molecular weight is 614 g/mol. The number of amidine groups is 1. The van der Waals surface area contributed by atoms with Gasteiger partial charge in [0.2, 0.25) is 0 Å². The van der Waals surface area contributed by atoms with E-state index in [1.807, 2.05) is 39.0 Å². The van der Waals surface area contributed by atoms with E-state index in [0.717, 1.165) is 57.1 Å². The van der Waals surface area contributed by atoms with Gasteiger partial charge in [0.15, 0.2) is 11.6 Å². The first-order chi connectivity index (χ1) is 20.8. The van der Waals surface area contributed by atoms with Crippen LogP contribution in [0, 0.1) is 5.92 Å². The van der Waals surface area contributed by atoms with Gasteiger partial charge in [-0.3, -0.25) is 4.79 Å². The summed E-state index contributed by atoms with van der Waals surface area (Å²) in [7, 11) is 0. The monoisotopic (exact) mass is 613 g/mol. The number of Topliss-reactive ketones (excluding diaryl/α,β-unsaturated/α-hetero) is 1. The third kappa shape index (κ3) is 10.4. The van der Waals surface area contributed by atoms with Crippen LogP contribution in [-0.4, -0.2) is 52.3 Å². The molecule has 1 amide bonds. The number of rotatable bonds is 8. The molecule has 1 aliphatic heterocycles. The number of nitrogens with two attached hydrogens (primary N) is 1. The van der Waals surface area contributed by atoms with E-state index in [2.05, 4.69) is 21.4 Å². The number of anilines is 1. The molecule has 0 spiro atoms. The van der Waals surface area contributed by atoms with Crippen molar-refractivity contribution in [2.45, 2.75) is 90.0 Å². The van der Waals surface area contributed by atoms with Gasteiger partial charge in [-0.05, 0) is 95.4 Å². The van der Waals surface area contributed by atoms with Crippen LogP contribution in [-0.2, 0) is 15.7 Å². The maximum Gasteiger partial charge on any atom is 0.416 e. The number of carbonyl (C=O) groups is 2. The minimum absolute atomic E-state index is 0.0526. The fourth-order valence-electron chi connectivity index (χ4n) is 5.08. The number of likely N-dealkylation sites (tertiary alicyclic amines) is 1. The molecular formula is C33H42F3N5O3. The third-order valence-electron chi connectivity index (χ3n) is 7.44. The molecule has 4 rings (SSSR count). The predicted octanol–water partition coefficient (Wildman–Crippen LogP) is 7.42. The molecule has 1 unspecified atom stereocenters. The van der Waals surface area contributed by atoms with E-state index in [-0.39, 0.29) is 47.7 Å². The van der Waals surface area contributed by atoms with Crippen LogP contribution < -0.4 is 11.1 Å². The Hall–Kier alpha value is -3.89. The first-order valence-corrected chi connectivity index (χ1v) is 15.2. The minimum Gasteiger partial charge on any atom is -0.444 e. The molecule has 0 radical (unpaired) electrons. The maximum atomic E-state index is 13.4. The third-order valence-corrected chi connectivity index (χ3v) is 7.44. The van der Waals surface area contributed by atoms with Crippen LogP contribution in [0.25, 0.3) is 0 Å². The Kier molecular flexibility index (Phi) is 10.7. The number of pyridine rings is 1. The number of aliphatic imine (C=N–C) groups is 1. The van der Waals surface area contributed by atoms with E-state index in [4.69, 9.17) is 10.5 Å². The first-order valence-electron chi connectivity index (χ1n) is 15.2. The van der Waals surface area contributed by atoms with E-state index in [9.17, 15) is 22.8 Å². The van der Waals surface area contributed by atoms with Crippen LogP contribution in [0.15, 0.2) is 64.7 Å². The van der Waals surface area contributed by atoms with Crippen molar-refractivity contribution in [2.75, 3.05) is 18.4 Å². The SMILES string of the molecule is CC(C)(C)OC(=O)N1CCCC(C2=CCCC=C(C(=O)C/C=C/C(N)=Nc3cc(C(F)(F)F)cc(NC4CC4)n3)C=C2)CC1. The number of aromatic nitrogens is 1. The molecule has 44 heavy (non-hydrogen) atoms. The average Bonchev–Trinajstić information content (AvgIpc) is 3.74. The van der Waals surface area contributed by atoms with Crippen LogP contribution in [0.1, 0.15) is 77.7 Å². The minimum atomic E-state index is -4.55. The molecule has 3 aliphatic rings. The van der Waals surface area contributed by atoms with Crippen molar-refractivity contribution in [2.24, 2.45) is 16.6 Å². The number of ketones is 1. The highest BCUT2D eigenvalue weighted by Crippen LogP contribution is 2.34. The fraction of sp³-hybridized carbons (Fsp3) is 0.515. The molecule has 1 saturated heterocycles. The lowest BCUT2D eigenvalue weighted by molar-refractivity contribution is -0.137. The van der Waals surface area contributed by atoms with E-state index in [1.54, 1.807) is 11.0 Å². The van der Waals surface area contributed by atoms with Gasteiger partial charge in [-0.2, -0.15) is 13.2 Å². The van der Waals surface area contributed by atoms with Gasteiger partial charge in [0.25, 0.3) is 0 Å². The second kappa shape index (κ2) is 14.3. The zero-order valence-electron chi connectivity index (χ0n) is 25.6. The molecule has 1 atom stereocenters. The lowest BCUT2D eigenvalue weighted by Gasteiger charge is -2.26. The van der Waals surface area contributed by atoms with Crippen molar-refractivity contribution in [3.8, 4) is 0 Å². The first kappa shape index (κ1) is 33.0. The van der Waals surface area contributed by atoms with E-state index in [1.165, 1.54) is 11.6 Å². The summed E-state index contributed by atoms with van der Waals surface area (Å²) >= 11 is 0. The second-order valence-corrected chi connectivity index (χ2v) is 12.5. The van der Waals surface area contributed by atoms with Crippen molar-refractivity contribution >= 4 is 29.3 Å². The number of amides is 1. The highest BCUT2D eigenvalue weighted by atomic mass is 19.4. The lowest BCUT2D eigenvalue weighted by Crippen LogP contribution is -2.37. The molecule has 3 N–H and O–H groups in total. The van der Waals surface area contributed by atoms with Crippen LogP contribution in [0.2, 0.25) is 0 Å². The number of halogens is 3. The predicted molar refractivity (Wildman–Crippen MR) is 166 cm³/mol. The molecule has 1 aromatic heterocycles. The number of nitrogens with one attached hydrogen (secondary N) is 1. The van der Waals surface area contributed by atoms with Gasteiger partial charge in [0.05, 0.1) is 5.56 Å². The lowest BCUT2D eigenvalue weighted by atomic mass is 9.88. The van der Waals surface area contributed by atoms with Gasteiger partial charge in [-0.1, -0.05) is 30.4 Å². The quantitative estimate of drug-likeness (QED) is 0.233. The Bertz CT molecular complexity index is 1370. The highest BCUT2D eigenvalue weighted by molar-refractivity contribution is 6.00. The summed E-state index contributed by atoms with van der Waals surface area (Å²) in [5, 5.41) is 2.97. The summed E-state index contributed by atoms with van der Waals surface area (Å²) < 4.78 is 45.7. The Morgan fingerprint density at radius 1 is 1.09 bits per heavy atom. The van der Waals surface area contributed by atoms with Gasteiger partial charge >= 0.3 is 12.3 Å². The van der Waals surface area contributed by atoms with Crippen LogP contribution in [0.4, 0.5) is 29.6 Å². The number of hydrogen-bond donors (Lipinski definition) is 2. The number of ether oxygens (including phenoxy) is 1. The normalized spacial score (nSPS) is 20.4. The Labute approximate surface area is 257 Å². The molecule has 238 valence electrons. The van der Waals surface area contributed by atoms with Gasteiger partial charge in [0, 0.05) is 31.1 Å². The van der Waals surface area contributed by atoms with E-state index >= 15 is 0 Å². The highest BCUT2D eigenvalue weighted by Gasteiger charge is 2.32. The number of hydrogen-bond acceptors (Lipinski definition) is 6. The molecule has 2 aliphatic carbocycles. The number of carbonyl (C=O) groups excluding carboxylic acids is 2. The molecule has 2 heterocycles. The van der Waals surface area contributed by atoms with Gasteiger partial charge in [0.1, 0.15) is 17.3 Å². The molecule has 8 nitrogen and oxygen atoms in total. The van der Waals surface area contributed by atoms with Crippen LogP contribution in [0.3, 0.4) is 0 Å². The summed E-state index contributed by atoms with van der Waals surface area (Å²) in [6.45, 7) is 6.87. The van der Waals surface area contributed by atoms with Gasteiger partial charge in [-0.25, -0.2) is 14.8 Å². The maximum absolute atomic E-state index is 13.4. The summed E-state index contributed by atoms with van der Waals surface area (Å²) in [6, 6.07) is 1.94. The number of alkyl halides is 3. The summed E-state index contributed by atoms with van der Waals surface area (Å²) in [5.74, 6) is 0.0798. The molecule has 1 saturated carbocycles. The number of allylic oxidation sites excluding steroid dienone is 7. The molecule has 0 bridgehead atoms. The molecular weight excluding hydrogens is 571 g/mol. The summed E-state index contributed by atoms with van der Waals surface area (Å²) in [6.07, 6.45) is 12.1. The summed E-state index contributed by atoms with van der Waals surface area (Å²) in [4.78, 5) is 35.5. The zero-order chi connectivity index (χ0) is 31.9. The van der Waals surface area contributed by atoms with Crippen molar-refractivity contribution in [1.82, 2.24) is 9.88 Å². The van der Waals surface area contributed by atoms with Crippen LogP contribution in [0.5, 0.6) is 0 Å².